The van der Waals surface area contributed by atoms with Crippen molar-refractivity contribution >= 4 is 5.97 Å². The van der Waals surface area contributed by atoms with Crippen LogP contribution in [0.1, 0.15) is 109 Å². The quantitative estimate of drug-likeness (QED) is 0.254. The van der Waals surface area contributed by atoms with Gasteiger partial charge >= 0.3 is 5.97 Å². The number of carbonyl (C=O) groups excluding carboxylic acids is 1. The molecule has 1 unspecified atom stereocenters. The predicted octanol–water partition coefficient (Wildman–Crippen LogP) is 7.43. The van der Waals surface area contributed by atoms with Crippen molar-refractivity contribution in [3.63, 3.8) is 0 Å². The Bertz CT molecular complexity index is 558. The molecule has 29 heavy (non-hydrogen) atoms. The zero-order chi connectivity index (χ0) is 20.9. The van der Waals surface area contributed by atoms with Crippen molar-refractivity contribution in [2.45, 2.75) is 110 Å². The minimum absolute atomic E-state index is 0.0915. The molecule has 1 aliphatic rings. The van der Waals surface area contributed by atoms with Gasteiger partial charge in [0.05, 0.1) is 6.61 Å². The van der Waals surface area contributed by atoms with Crippen LogP contribution in [-0.2, 0) is 9.53 Å². The summed E-state index contributed by atoms with van der Waals surface area (Å²) >= 11 is 0. The van der Waals surface area contributed by atoms with E-state index in [1.807, 2.05) is 6.92 Å². The van der Waals surface area contributed by atoms with Gasteiger partial charge in [0, 0.05) is 12.8 Å². The third kappa shape index (κ3) is 9.23. The highest BCUT2D eigenvalue weighted by Crippen LogP contribution is 2.38. The molecular formula is C26H42O3. The van der Waals surface area contributed by atoms with Crippen LogP contribution >= 0.6 is 0 Å². The van der Waals surface area contributed by atoms with Crippen LogP contribution in [0.25, 0.3) is 0 Å². The number of ether oxygens (including phenoxy) is 2. The van der Waals surface area contributed by atoms with Gasteiger partial charge in [-0.1, -0.05) is 58.1 Å². The van der Waals surface area contributed by atoms with E-state index < -0.39 is 0 Å². The van der Waals surface area contributed by atoms with Crippen molar-refractivity contribution in [2.24, 2.45) is 5.92 Å². The van der Waals surface area contributed by atoms with E-state index in [2.05, 4.69) is 38.1 Å². The van der Waals surface area contributed by atoms with E-state index in [0.29, 0.717) is 18.9 Å². The third-order valence-electron chi connectivity index (χ3n) is 6.27. The van der Waals surface area contributed by atoms with Crippen LogP contribution in [0.3, 0.4) is 0 Å². The molecule has 1 aliphatic carbocycles. The lowest BCUT2D eigenvalue weighted by Crippen LogP contribution is -2.17. The second-order valence-corrected chi connectivity index (χ2v) is 8.82. The number of hydrogen-bond donors (Lipinski definition) is 0. The number of rotatable bonds is 13. The fourth-order valence-electron chi connectivity index (χ4n) is 4.31. The van der Waals surface area contributed by atoms with Crippen LogP contribution in [0.2, 0.25) is 0 Å². The van der Waals surface area contributed by atoms with Gasteiger partial charge in [-0.3, -0.25) is 4.79 Å². The first kappa shape index (κ1) is 23.8. The minimum atomic E-state index is -0.0937. The van der Waals surface area contributed by atoms with E-state index in [1.165, 1.54) is 56.9 Å². The molecule has 1 fully saturated rings. The maximum absolute atomic E-state index is 11.7. The molecule has 3 nitrogen and oxygen atoms in total. The zero-order valence-electron chi connectivity index (χ0n) is 19.0. The van der Waals surface area contributed by atoms with Crippen molar-refractivity contribution in [3.05, 3.63) is 29.8 Å². The second-order valence-electron chi connectivity index (χ2n) is 8.82. The molecule has 0 spiro atoms. The van der Waals surface area contributed by atoms with Crippen molar-refractivity contribution in [1.82, 2.24) is 0 Å². The zero-order valence-corrected chi connectivity index (χ0v) is 19.0. The molecule has 0 aromatic heterocycles. The summed E-state index contributed by atoms with van der Waals surface area (Å²) in [6, 6.07) is 8.68. The summed E-state index contributed by atoms with van der Waals surface area (Å²) in [7, 11) is 0. The summed E-state index contributed by atoms with van der Waals surface area (Å²) < 4.78 is 11.3. The van der Waals surface area contributed by atoms with Crippen molar-refractivity contribution in [3.8, 4) is 5.75 Å². The maximum Gasteiger partial charge on any atom is 0.306 e. The lowest BCUT2D eigenvalue weighted by atomic mass is 9.77. The Morgan fingerprint density at radius 3 is 2.34 bits per heavy atom. The summed E-state index contributed by atoms with van der Waals surface area (Å²) in [6.07, 6.45) is 14.1. The Balaban J connectivity index is 1.65. The maximum atomic E-state index is 11.7. The Kier molecular flexibility index (Phi) is 11.2. The molecule has 0 amide bonds. The van der Waals surface area contributed by atoms with Crippen molar-refractivity contribution in [2.75, 3.05) is 6.61 Å². The molecule has 0 heterocycles. The Labute approximate surface area is 178 Å². The average Bonchev–Trinajstić information content (AvgIpc) is 2.73. The van der Waals surface area contributed by atoms with E-state index in [-0.39, 0.29) is 12.1 Å². The fourth-order valence-corrected chi connectivity index (χ4v) is 4.31. The molecule has 1 saturated carbocycles. The Morgan fingerprint density at radius 1 is 1.00 bits per heavy atom. The van der Waals surface area contributed by atoms with Gasteiger partial charge in [-0.2, -0.15) is 0 Å². The Morgan fingerprint density at radius 2 is 1.69 bits per heavy atom. The second kappa shape index (κ2) is 13.7. The number of unbranched alkanes of at least 4 members (excludes halogenated alkanes) is 3. The monoisotopic (exact) mass is 402 g/mol. The van der Waals surface area contributed by atoms with Gasteiger partial charge < -0.3 is 9.47 Å². The van der Waals surface area contributed by atoms with Crippen LogP contribution in [-0.4, -0.2) is 18.7 Å². The largest absolute Gasteiger partial charge is 0.493 e. The molecule has 2 rings (SSSR count). The highest BCUT2D eigenvalue weighted by molar-refractivity contribution is 5.69. The number of carbonyl (C=O) groups is 1. The molecule has 0 bridgehead atoms. The topological polar surface area (TPSA) is 35.5 Å². The van der Waals surface area contributed by atoms with Gasteiger partial charge in [0.25, 0.3) is 0 Å². The molecule has 1 aromatic carbocycles. The van der Waals surface area contributed by atoms with Crippen molar-refractivity contribution < 1.29 is 14.3 Å². The summed E-state index contributed by atoms with van der Waals surface area (Å²) in [5.74, 6) is 2.49. The van der Waals surface area contributed by atoms with Crippen LogP contribution < -0.4 is 4.74 Å². The summed E-state index contributed by atoms with van der Waals surface area (Å²) in [5, 5.41) is 0. The number of hydrogen-bond acceptors (Lipinski definition) is 3. The molecule has 1 atom stereocenters. The molecular weight excluding hydrogens is 360 g/mol. The lowest BCUT2D eigenvalue weighted by molar-refractivity contribution is -0.148. The van der Waals surface area contributed by atoms with E-state index in [9.17, 15) is 4.79 Å². The summed E-state index contributed by atoms with van der Waals surface area (Å²) in [4.78, 5) is 11.7. The lowest BCUT2D eigenvalue weighted by Gasteiger charge is -2.29. The standard InChI is InChI=1S/C26H42O3/c1-4-6-8-9-22-11-13-23(14-12-22)24-15-17-25(18-16-24)28-20-19-21(3)29-26(27)10-7-5-2/h15-18,21-23H,4-14,19-20H2,1-3H3. The fraction of sp³-hybridized carbons (Fsp3) is 0.731. The molecule has 0 radical (unpaired) electrons. The van der Waals surface area contributed by atoms with Crippen LogP contribution in [0.5, 0.6) is 5.75 Å². The molecule has 1 aromatic rings. The van der Waals surface area contributed by atoms with Crippen LogP contribution in [0.4, 0.5) is 0 Å². The van der Waals surface area contributed by atoms with Gasteiger partial charge in [0.2, 0.25) is 0 Å². The van der Waals surface area contributed by atoms with Gasteiger partial charge in [-0.05, 0) is 68.6 Å². The first-order valence-electron chi connectivity index (χ1n) is 12.0. The Hall–Kier alpha value is -1.51. The first-order valence-corrected chi connectivity index (χ1v) is 12.0. The molecule has 0 aliphatic heterocycles. The van der Waals surface area contributed by atoms with Gasteiger partial charge in [-0.15, -0.1) is 0 Å². The van der Waals surface area contributed by atoms with Crippen LogP contribution in [0, 0.1) is 5.92 Å². The van der Waals surface area contributed by atoms with Crippen LogP contribution in [0.15, 0.2) is 24.3 Å². The normalized spacial score (nSPS) is 20.2. The smallest absolute Gasteiger partial charge is 0.306 e. The first-order chi connectivity index (χ1) is 14.1. The van der Waals surface area contributed by atoms with E-state index in [1.54, 1.807) is 0 Å². The molecule has 3 heteroatoms. The molecule has 0 saturated heterocycles. The van der Waals surface area contributed by atoms with E-state index in [4.69, 9.17) is 9.47 Å². The molecule has 164 valence electrons. The summed E-state index contributed by atoms with van der Waals surface area (Å²) in [6.45, 7) is 6.88. The SMILES string of the molecule is CCCCCC1CCC(c2ccc(OCCC(C)OC(=O)CCCC)cc2)CC1. The average molecular weight is 403 g/mol. The van der Waals surface area contributed by atoms with Crippen molar-refractivity contribution in [1.29, 1.82) is 0 Å². The third-order valence-corrected chi connectivity index (χ3v) is 6.27. The van der Waals surface area contributed by atoms with Gasteiger partial charge in [0.1, 0.15) is 11.9 Å². The minimum Gasteiger partial charge on any atom is -0.493 e. The van der Waals surface area contributed by atoms with E-state index in [0.717, 1.165) is 30.9 Å². The van der Waals surface area contributed by atoms with Gasteiger partial charge in [0.15, 0.2) is 0 Å². The highest BCUT2D eigenvalue weighted by Gasteiger charge is 2.22. The highest BCUT2D eigenvalue weighted by atomic mass is 16.5. The molecule has 0 N–H and O–H groups in total. The van der Waals surface area contributed by atoms with E-state index >= 15 is 0 Å². The predicted molar refractivity (Wildman–Crippen MR) is 120 cm³/mol. The summed E-state index contributed by atoms with van der Waals surface area (Å²) in [5.41, 5.74) is 1.46. The number of esters is 1. The number of benzene rings is 1. The van der Waals surface area contributed by atoms with Gasteiger partial charge in [-0.25, -0.2) is 0 Å².